The van der Waals surface area contributed by atoms with Gasteiger partial charge in [0.25, 0.3) is 0 Å². The van der Waals surface area contributed by atoms with E-state index < -0.39 is 0 Å². The molecule has 9 rings (SSSR count). The van der Waals surface area contributed by atoms with Gasteiger partial charge in [0.15, 0.2) is 0 Å². The summed E-state index contributed by atoms with van der Waals surface area (Å²) < 4.78 is 0. The third-order valence-electron chi connectivity index (χ3n) is 9.71. The molecule has 3 aliphatic rings. The monoisotopic (exact) mass is 523 g/mol. The number of anilines is 3. The number of nitrogens with zero attached hydrogens (tertiary/aromatic N) is 1. The molecule has 0 bridgehead atoms. The summed E-state index contributed by atoms with van der Waals surface area (Å²) in [4.78, 5) is 2.51. The van der Waals surface area contributed by atoms with E-state index in [0.717, 1.165) is 0 Å². The summed E-state index contributed by atoms with van der Waals surface area (Å²) in [5.74, 6) is 0.611. The van der Waals surface area contributed by atoms with E-state index in [0.29, 0.717) is 5.92 Å². The molecule has 41 heavy (non-hydrogen) atoms. The van der Waals surface area contributed by atoms with Crippen molar-refractivity contribution in [3.63, 3.8) is 0 Å². The van der Waals surface area contributed by atoms with Crippen LogP contribution in [0.4, 0.5) is 17.1 Å². The van der Waals surface area contributed by atoms with Gasteiger partial charge in [-0.05, 0) is 87.1 Å². The predicted octanol–water partition coefficient (Wildman–Crippen LogP) is 10.3. The van der Waals surface area contributed by atoms with Crippen LogP contribution < -0.4 is 4.90 Å². The molecule has 6 aromatic rings. The summed E-state index contributed by atoms with van der Waals surface area (Å²) in [5.41, 5.74) is 10.4. The van der Waals surface area contributed by atoms with Crippen LogP contribution in [0.5, 0.6) is 0 Å². The van der Waals surface area contributed by atoms with Crippen LogP contribution in [0.1, 0.15) is 35.1 Å². The third-order valence-corrected chi connectivity index (χ3v) is 9.71. The molecule has 2 unspecified atom stereocenters. The SMILES string of the molecule is CC1=CC2C(C=C1)c1ccccc1C21c2cc3ccccc3cc2N(c2ccccc2)c2cc3ccccc3cc21. The Balaban J connectivity index is 1.51. The highest BCUT2D eigenvalue weighted by atomic mass is 15.2. The molecule has 0 saturated carbocycles. The van der Waals surface area contributed by atoms with Crippen molar-refractivity contribution in [2.24, 2.45) is 5.92 Å². The molecule has 1 heteroatoms. The highest BCUT2D eigenvalue weighted by Gasteiger charge is 2.57. The van der Waals surface area contributed by atoms with Crippen LogP contribution in [0.3, 0.4) is 0 Å². The third kappa shape index (κ3) is 3.01. The largest absolute Gasteiger partial charge is 0.310 e. The van der Waals surface area contributed by atoms with Crippen LogP contribution in [0.15, 0.2) is 151 Å². The summed E-state index contributed by atoms with van der Waals surface area (Å²) in [6.45, 7) is 2.26. The average Bonchev–Trinajstić information content (AvgIpc) is 3.30. The molecule has 2 atom stereocenters. The first-order chi connectivity index (χ1) is 20.2. The maximum absolute atomic E-state index is 2.56. The first-order valence-corrected chi connectivity index (χ1v) is 14.6. The maximum atomic E-state index is 2.56. The molecule has 0 radical (unpaired) electrons. The summed E-state index contributed by atoms with van der Waals surface area (Å²) in [6, 6.07) is 47.7. The molecule has 0 amide bonds. The van der Waals surface area contributed by atoms with Gasteiger partial charge in [-0.3, -0.25) is 0 Å². The minimum atomic E-state index is -0.322. The standard InChI is InChI=1S/C40H29N/c1-26-19-20-33-32-17-9-10-18-34(32)40(35(33)21-26)36-22-27-11-5-7-13-29(27)24-38(36)41(31-15-3-2-4-16-31)39-25-30-14-8-6-12-28(30)23-37(39)40/h2-25,33,35H,1H3. The fourth-order valence-corrected chi connectivity index (χ4v) is 8.07. The second-order valence-electron chi connectivity index (χ2n) is 11.8. The normalized spacial score (nSPS) is 19.5. The van der Waals surface area contributed by atoms with E-state index in [1.165, 1.54) is 66.4 Å². The van der Waals surface area contributed by atoms with Gasteiger partial charge < -0.3 is 4.90 Å². The molecular weight excluding hydrogens is 494 g/mol. The Kier molecular flexibility index (Phi) is 4.64. The first kappa shape index (κ1) is 22.9. The van der Waals surface area contributed by atoms with E-state index in [9.17, 15) is 0 Å². The van der Waals surface area contributed by atoms with Crippen LogP contribution in [-0.4, -0.2) is 0 Å². The smallest absolute Gasteiger partial charge is 0.0567 e. The predicted molar refractivity (Wildman–Crippen MR) is 172 cm³/mol. The van der Waals surface area contributed by atoms with Gasteiger partial charge >= 0.3 is 0 Å². The minimum Gasteiger partial charge on any atom is -0.310 e. The second kappa shape index (κ2) is 8.32. The summed E-state index contributed by atoms with van der Waals surface area (Å²) >= 11 is 0. The van der Waals surface area contributed by atoms with Crippen molar-refractivity contribution in [1.29, 1.82) is 0 Å². The van der Waals surface area contributed by atoms with Crippen molar-refractivity contribution in [2.45, 2.75) is 18.3 Å². The van der Waals surface area contributed by atoms with Crippen molar-refractivity contribution in [1.82, 2.24) is 0 Å². The Morgan fingerprint density at radius 1 is 0.561 bits per heavy atom. The fourth-order valence-electron chi connectivity index (χ4n) is 8.07. The van der Waals surface area contributed by atoms with E-state index in [2.05, 4.69) is 157 Å². The van der Waals surface area contributed by atoms with Crippen LogP contribution in [-0.2, 0) is 5.41 Å². The van der Waals surface area contributed by atoms with E-state index in [1.54, 1.807) is 0 Å². The summed E-state index contributed by atoms with van der Waals surface area (Å²) in [5, 5.41) is 5.11. The lowest BCUT2D eigenvalue weighted by Gasteiger charge is -2.48. The zero-order valence-corrected chi connectivity index (χ0v) is 23.0. The van der Waals surface area contributed by atoms with Gasteiger partial charge in [0.2, 0.25) is 0 Å². The summed E-state index contributed by atoms with van der Waals surface area (Å²) in [7, 11) is 0. The van der Waals surface area contributed by atoms with Crippen molar-refractivity contribution in [2.75, 3.05) is 4.90 Å². The molecule has 1 nitrogen and oxygen atoms in total. The van der Waals surface area contributed by atoms with Crippen molar-refractivity contribution in [3.05, 3.63) is 173 Å². The number of para-hydroxylation sites is 1. The highest BCUT2D eigenvalue weighted by Crippen LogP contribution is 2.66. The molecule has 2 aliphatic carbocycles. The topological polar surface area (TPSA) is 3.24 Å². The minimum absolute atomic E-state index is 0.280. The molecule has 0 fully saturated rings. The van der Waals surface area contributed by atoms with E-state index in [-0.39, 0.29) is 11.3 Å². The van der Waals surface area contributed by atoms with Crippen LogP contribution in [0.2, 0.25) is 0 Å². The Morgan fingerprint density at radius 3 is 1.73 bits per heavy atom. The lowest BCUT2D eigenvalue weighted by molar-refractivity contribution is 0.452. The molecule has 1 spiro atoms. The van der Waals surface area contributed by atoms with Gasteiger partial charge in [-0.15, -0.1) is 0 Å². The zero-order valence-electron chi connectivity index (χ0n) is 23.0. The number of rotatable bonds is 1. The Labute approximate surface area is 240 Å². The summed E-state index contributed by atoms with van der Waals surface area (Å²) in [6.07, 6.45) is 7.33. The van der Waals surface area contributed by atoms with E-state index in [4.69, 9.17) is 0 Å². The molecule has 6 aromatic carbocycles. The van der Waals surface area contributed by atoms with Gasteiger partial charge in [-0.25, -0.2) is 0 Å². The molecule has 1 heterocycles. The van der Waals surface area contributed by atoms with Gasteiger partial charge in [-0.2, -0.15) is 0 Å². The molecule has 194 valence electrons. The van der Waals surface area contributed by atoms with E-state index >= 15 is 0 Å². The lowest BCUT2D eigenvalue weighted by atomic mass is 9.60. The number of hydrogen-bond donors (Lipinski definition) is 0. The van der Waals surface area contributed by atoms with Crippen LogP contribution >= 0.6 is 0 Å². The van der Waals surface area contributed by atoms with Gasteiger partial charge in [0.05, 0.1) is 16.8 Å². The fraction of sp³-hybridized carbons (Fsp3) is 0.100. The molecule has 0 saturated heterocycles. The number of hydrogen-bond acceptors (Lipinski definition) is 1. The van der Waals surface area contributed by atoms with Gasteiger partial charge in [-0.1, -0.05) is 115 Å². The quantitative estimate of drug-likeness (QED) is 0.207. The average molecular weight is 524 g/mol. The number of allylic oxidation sites excluding steroid dienone is 4. The number of benzene rings is 6. The molecular formula is C40H29N. The Hall–Kier alpha value is -4.88. The Morgan fingerprint density at radius 2 is 1.10 bits per heavy atom. The van der Waals surface area contributed by atoms with Crippen molar-refractivity contribution < 1.29 is 0 Å². The first-order valence-electron chi connectivity index (χ1n) is 14.6. The van der Waals surface area contributed by atoms with E-state index in [1.807, 2.05) is 0 Å². The Bertz CT molecular complexity index is 1990. The van der Waals surface area contributed by atoms with Crippen LogP contribution in [0.25, 0.3) is 21.5 Å². The van der Waals surface area contributed by atoms with Crippen LogP contribution in [0, 0.1) is 5.92 Å². The van der Waals surface area contributed by atoms with Gasteiger partial charge in [0.1, 0.15) is 0 Å². The lowest BCUT2D eigenvalue weighted by Crippen LogP contribution is -2.40. The zero-order chi connectivity index (χ0) is 27.1. The molecule has 1 aliphatic heterocycles. The van der Waals surface area contributed by atoms with Gasteiger partial charge in [0, 0.05) is 17.5 Å². The highest BCUT2D eigenvalue weighted by molar-refractivity contribution is 6.00. The van der Waals surface area contributed by atoms with Crippen molar-refractivity contribution in [3.8, 4) is 0 Å². The molecule has 0 aromatic heterocycles. The number of fused-ring (bicyclic) bond motifs is 11. The molecule has 0 N–H and O–H groups in total. The van der Waals surface area contributed by atoms with Crippen molar-refractivity contribution >= 4 is 38.6 Å². The maximum Gasteiger partial charge on any atom is 0.0567 e. The second-order valence-corrected chi connectivity index (χ2v) is 11.8.